The number of thioether (sulfide) groups is 1. The van der Waals surface area contributed by atoms with Crippen LogP contribution in [0.5, 0.6) is 0 Å². The smallest absolute Gasteiger partial charge is 0.204 e. The average Bonchev–Trinajstić information content (AvgIpc) is 2.18. The van der Waals surface area contributed by atoms with Crippen molar-refractivity contribution in [3.63, 3.8) is 0 Å². The zero-order valence-corrected chi connectivity index (χ0v) is 10.1. The lowest BCUT2D eigenvalue weighted by molar-refractivity contribution is -0.122. The van der Waals surface area contributed by atoms with Crippen molar-refractivity contribution in [2.45, 2.75) is 15.9 Å². The number of halogens is 6. The summed E-state index contributed by atoms with van der Waals surface area (Å²) in [5.41, 5.74) is 0. The van der Waals surface area contributed by atoms with Crippen LogP contribution in [-0.4, -0.2) is 16.8 Å². The first-order chi connectivity index (χ1) is 7.30. The minimum absolute atomic E-state index is 0.257. The van der Waals surface area contributed by atoms with E-state index in [-0.39, 0.29) is 10.6 Å². The Kier molecular flexibility index (Phi) is 4.61. The molecule has 90 valence electrons. The molecule has 0 aliphatic carbocycles. The van der Waals surface area contributed by atoms with E-state index in [1.807, 2.05) is 0 Å². The Bertz CT molecular complexity index is 365. The summed E-state index contributed by atoms with van der Waals surface area (Å²) in [6.45, 7) is 0. The molecule has 0 nitrogen and oxygen atoms in total. The van der Waals surface area contributed by atoms with Gasteiger partial charge in [-0.1, -0.05) is 15.9 Å². The lowest BCUT2D eigenvalue weighted by Crippen LogP contribution is -2.24. The molecule has 0 saturated carbocycles. The van der Waals surface area contributed by atoms with Gasteiger partial charge in [-0.25, -0.2) is 8.78 Å². The number of alkyl halides is 4. The first kappa shape index (κ1) is 13.8. The molecular formula is C9H6BrF5S. The molecule has 0 aliphatic heterocycles. The molecule has 0 bridgehead atoms. The summed E-state index contributed by atoms with van der Waals surface area (Å²) in [6, 6.07) is 2.99. The molecule has 0 fully saturated rings. The zero-order valence-electron chi connectivity index (χ0n) is 7.69. The van der Waals surface area contributed by atoms with Gasteiger partial charge in [-0.3, -0.25) is 0 Å². The van der Waals surface area contributed by atoms with Gasteiger partial charge in [-0.2, -0.15) is 13.2 Å². The van der Waals surface area contributed by atoms with E-state index >= 15 is 0 Å². The molecule has 0 spiro atoms. The maximum atomic E-state index is 12.7. The van der Waals surface area contributed by atoms with Crippen LogP contribution in [0.4, 0.5) is 22.0 Å². The maximum Gasteiger partial charge on any atom is 0.402 e. The van der Waals surface area contributed by atoms with Gasteiger partial charge >= 0.3 is 6.18 Å². The van der Waals surface area contributed by atoms with E-state index in [0.717, 1.165) is 23.9 Å². The standard InChI is InChI=1S/C9H6BrF5S/c10-8(9(13,14)15)4-16-5-1-2-6(11)7(12)3-5/h1-3,8H,4H2. The van der Waals surface area contributed by atoms with E-state index in [4.69, 9.17) is 0 Å². The summed E-state index contributed by atoms with van der Waals surface area (Å²) < 4.78 is 61.5. The summed E-state index contributed by atoms with van der Waals surface area (Å²) in [7, 11) is 0. The molecule has 1 unspecified atom stereocenters. The summed E-state index contributed by atoms with van der Waals surface area (Å²) >= 11 is 3.28. The molecule has 0 saturated heterocycles. The third-order valence-corrected chi connectivity index (χ3v) is 4.00. The molecule has 1 atom stereocenters. The summed E-state index contributed by atoms with van der Waals surface area (Å²) in [4.78, 5) is -1.41. The van der Waals surface area contributed by atoms with Gasteiger partial charge < -0.3 is 0 Å². The van der Waals surface area contributed by atoms with Crippen LogP contribution in [0.15, 0.2) is 23.1 Å². The fourth-order valence-corrected chi connectivity index (χ4v) is 2.11. The van der Waals surface area contributed by atoms with Crippen LogP contribution in [0.2, 0.25) is 0 Å². The summed E-state index contributed by atoms with van der Waals surface area (Å²) in [5.74, 6) is -2.38. The number of benzene rings is 1. The van der Waals surface area contributed by atoms with Gasteiger partial charge in [0.2, 0.25) is 0 Å². The van der Waals surface area contributed by atoms with Gasteiger partial charge in [-0.05, 0) is 18.2 Å². The lowest BCUT2D eigenvalue weighted by Gasteiger charge is -2.13. The highest BCUT2D eigenvalue weighted by atomic mass is 79.9. The van der Waals surface area contributed by atoms with E-state index in [1.165, 1.54) is 6.07 Å². The molecular weight excluding hydrogens is 315 g/mol. The van der Waals surface area contributed by atoms with E-state index < -0.39 is 22.6 Å². The van der Waals surface area contributed by atoms with Gasteiger partial charge in [-0.15, -0.1) is 11.8 Å². The van der Waals surface area contributed by atoms with Gasteiger partial charge in [0.25, 0.3) is 0 Å². The van der Waals surface area contributed by atoms with Crippen molar-refractivity contribution >= 4 is 27.7 Å². The van der Waals surface area contributed by atoms with E-state index in [0.29, 0.717) is 0 Å². The highest BCUT2D eigenvalue weighted by Crippen LogP contribution is 2.31. The van der Waals surface area contributed by atoms with Gasteiger partial charge in [0, 0.05) is 10.6 Å². The Morgan fingerprint density at radius 1 is 1.19 bits per heavy atom. The highest BCUT2D eigenvalue weighted by molar-refractivity contribution is 9.09. The highest BCUT2D eigenvalue weighted by Gasteiger charge is 2.37. The quantitative estimate of drug-likeness (QED) is 0.452. The lowest BCUT2D eigenvalue weighted by atomic mass is 10.3. The minimum Gasteiger partial charge on any atom is -0.204 e. The Morgan fingerprint density at radius 2 is 1.81 bits per heavy atom. The topological polar surface area (TPSA) is 0 Å². The zero-order chi connectivity index (χ0) is 12.3. The fourth-order valence-electron chi connectivity index (χ4n) is 0.831. The molecule has 0 amide bonds. The Labute approximate surface area is 101 Å². The van der Waals surface area contributed by atoms with Gasteiger partial charge in [0.15, 0.2) is 11.6 Å². The van der Waals surface area contributed by atoms with Crippen molar-refractivity contribution in [2.75, 3.05) is 5.75 Å². The monoisotopic (exact) mass is 320 g/mol. The van der Waals surface area contributed by atoms with E-state index in [9.17, 15) is 22.0 Å². The fraction of sp³-hybridized carbons (Fsp3) is 0.333. The van der Waals surface area contributed by atoms with Crippen LogP contribution >= 0.6 is 27.7 Å². The van der Waals surface area contributed by atoms with Crippen molar-refractivity contribution in [3.05, 3.63) is 29.8 Å². The molecule has 0 aromatic heterocycles. The molecule has 0 N–H and O–H groups in total. The second-order valence-corrected chi connectivity index (χ2v) is 5.09. The first-order valence-corrected chi connectivity index (χ1v) is 5.99. The van der Waals surface area contributed by atoms with Crippen molar-refractivity contribution < 1.29 is 22.0 Å². The Morgan fingerprint density at radius 3 is 2.31 bits per heavy atom. The largest absolute Gasteiger partial charge is 0.402 e. The van der Waals surface area contributed by atoms with Crippen LogP contribution in [0.3, 0.4) is 0 Å². The maximum absolute atomic E-state index is 12.7. The summed E-state index contributed by atoms with van der Waals surface area (Å²) in [5, 5.41) is 0. The molecule has 1 aromatic rings. The van der Waals surface area contributed by atoms with Gasteiger partial charge in [0.1, 0.15) is 4.83 Å². The van der Waals surface area contributed by atoms with Crippen LogP contribution in [0.25, 0.3) is 0 Å². The Balaban J connectivity index is 2.58. The second-order valence-electron chi connectivity index (χ2n) is 2.90. The van der Waals surface area contributed by atoms with Crippen molar-refractivity contribution in [1.82, 2.24) is 0 Å². The number of hydrogen-bond acceptors (Lipinski definition) is 1. The molecule has 16 heavy (non-hydrogen) atoms. The van der Waals surface area contributed by atoms with Crippen molar-refractivity contribution in [2.24, 2.45) is 0 Å². The van der Waals surface area contributed by atoms with Gasteiger partial charge in [0.05, 0.1) is 0 Å². The third kappa shape index (κ3) is 3.93. The minimum atomic E-state index is -4.34. The normalized spacial score (nSPS) is 13.9. The molecule has 1 rings (SSSR count). The molecule has 0 aliphatic rings. The molecule has 0 radical (unpaired) electrons. The van der Waals surface area contributed by atoms with Crippen LogP contribution in [0.1, 0.15) is 0 Å². The number of rotatable bonds is 3. The first-order valence-electron chi connectivity index (χ1n) is 4.09. The molecule has 7 heteroatoms. The second kappa shape index (κ2) is 5.35. The molecule has 0 heterocycles. The SMILES string of the molecule is Fc1ccc(SCC(Br)C(F)(F)F)cc1F. The Hall–Kier alpha value is -0.300. The summed E-state index contributed by atoms with van der Waals surface area (Å²) in [6.07, 6.45) is -4.34. The predicted octanol–water partition coefficient (Wildman–Crippen LogP) is 4.38. The van der Waals surface area contributed by atoms with Crippen LogP contribution in [0, 0.1) is 11.6 Å². The van der Waals surface area contributed by atoms with Crippen LogP contribution in [-0.2, 0) is 0 Å². The van der Waals surface area contributed by atoms with Crippen molar-refractivity contribution in [3.8, 4) is 0 Å². The third-order valence-electron chi connectivity index (χ3n) is 1.64. The van der Waals surface area contributed by atoms with Crippen LogP contribution < -0.4 is 0 Å². The van der Waals surface area contributed by atoms with E-state index in [2.05, 4.69) is 15.9 Å². The number of hydrogen-bond donors (Lipinski definition) is 0. The predicted molar refractivity (Wildman–Crippen MR) is 55.9 cm³/mol. The van der Waals surface area contributed by atoms with Crippen molar-refractivity contribution in [1.29, 1.82) is 0 Å². The average molecular weight is 321 g/mol. The molecule has 1 aromatic carbocycles. The van der Waals surface area contributed by atoms with E-state index in [1.54, 1.807) is 0 Å².